The number of nitrogens with zero attached hydrogens (tertiary/aromatic N) is 4. The number of pyridine rings is 1. The fourth-order valence-electron chi connectivity index (χ4n) is 3.10. The van der Waals surface area contributed by atoms with Crippen LogP contribution in [0.2, 0.25) is 0 Å². The molecule has 0 spiro atoms. The topological polar surface area (TPSA) is 86.8 Å². The molecule has 1 saturated heterocycles. The van der Waals surface area contributed by atoms with Gasteiger partial charge in [0.2, 0.25) is 0 Å². The Kier molecular flexibility index (Phi) is 3.82. The third-order valence-corrected chi connectivity index (χ3v) is 4.36. The number of hydrogen-bond donors (Lipinski definition) is 2. The van der Waals surface area contributed by atoms with Crippen LogP contribution in [-0.2, 0) is 0 Å². The molecule has 4 heterocycles. The number of H-pyrrole nitrogens is 1. The van der Waals surface area contributed by atoms with Crippen LogP contribution in [0, 0.1) is 0 Å². The number of aromatic nitrogens is 4. The summed E-state index contributed by atoms with van der Waals surface area (Å²) in [7, 11) is 0. The first-order valence-corrected chi connectivity index (χ1v) is 8.06. The van der Waals surface area contributed by atoms with E-state index in [0.29, 0.717) is 5.69 Å². The Morgan fingerprint density at radius 1 is 1.17 bits per heavy atom. The van der Waals surface area contributed by atoms with Gasteiger partial charge in [0, 0.05) is 31.5 Å². The quantitative estimate of drug-likeness (QED) is 0.767. The van der Waals surface area contributed by atoms with Gasteiger partial charge in [-0.1, -0.05) is 6.07 Å². The van der Waals surface area contributed by atoms with Crippen LogP contribution in [0.4, 0.5) is 5.82 Å². The second-order valence-corrected chi connectivity index (χ2v) is 5.89. The van der Waals surface area contributed by atoms with Gasteiger partial charge >= 0.3 is 0 Å². The highest BCUT2D eigenvalue weighted by atomic mass is 16.1. The van der Waals surface area contributed by atoms with Crippen LogP contribution in [0.3, 0.4) is 0 Å². The molecule has 0 unspecified atom stereocenters. The summed E-state index contributed by atoms with van der Waals surface area (Å²) in [6.07, 6.45) is 6.86. The Balaban J connectivity index is 1.40. The van der Waals surface area contributed by atoms with E-state index in [1.54, 1.807) is 24.7 Å². The molecule has 4 rings (SSSR count). The molecule has 1 amide bonds. The molecule has 1 fully saturated rings. The lowest BCUT2D eigenvalue weighted by Gasteiger charge is -2.33. The van der Waals surface area contributed by atoms with Gasteiger partial charge in [-0.2, -0.15) is 0 Å². The molecule has 7 heteroatoms. The summed E-state index contributed by atoms with van der Waals surface area (Å²) in [6.45, 7) is 1.70. The molecule has 1 aliphatic rings. The molecule has 2 N–H and O–H groups in total. The number of amides is 1. The highest BCUT2D eigenvalue weighted by molar-refractivity contribution is 5.92. The zero-order valence-electron chi connectivity index (χ0n) is 13.1. The van der Waals surface area contributed by atoms with Gasteiger partial charge in [0.15, 0.2) is 0 Å². The number of rotatable bonds is 3. The third-order valence-electron chi connectivity index (χ3n) is 4.36. The predicted molar refractivity (Wildman–Crippen MR) is 90.8 cm³/mol. The fourth-order valence-corrected chi connectivity index (χ4v) is 3.10. The maximum absolute atomic E-state index is 12.2. The van der Waals surface area contributed by atoms with Gasteiger partial charge in [0.05, 0.1) is 5.39 Å². The first kappa shape index (κ1) is 14.6. The van der Waals surface area contributed by atoms with Gasteiger partial charge < -0.3 is 15.2 Å². The second-order valence-electron chi connectivity index (χ2n) is 5.89. The van der Waals surface area contributed by atoms with E-state index < -0.39 is 0 Å². The van der Waals surface area contributed by atoms with Crippen LogP contribution in [-0.4, -0.2) is 45.0 Å². The van der Waals surface area contributed by atoms with Crippen molar-refractivity contribution in [2.75, 3.05) is 18.0 Å². The standard InChI is InChI=1S/C17H18N6O/c24-17(14-3-1-2-7-18-14)22-12-5-9-23(10-6-12)16-13-4-8-19-15(13)20-11-21-16/h1-4,7-8,11-12H,5-6,9-10H2,(H,22,24)(H,19,20,21). The highest BCUT2D eigenvalue weighted by Gasteiger charge is 2.23. The first-order chi connectivity index (χ1) is 11.8. The zero-order chi connectivity index (χ0) is 16.4. The van der Waals surface area contributed by atoms with Crippen molar-refractivity contribution in [2.24, 2.45) is 0 Å². The third kappa shape index (κ3) is 2.80. The maximum Gasteiger partial charge on any atom is 0.270 e. The number of carbonyl (C=O) groups is 1. The number of aromatic amines is 1. The number of hydrogen-bond acceptors (Lipinski definition) is 5. The molecule has 0 radical (unpaired) electrons. The second kappa shape index (κ2) is 6.27. The number of nitrogens with one attached hydrogen (secondary N) is 2. The largest absolute Gasteiger partial charge is 0.356 e. The van der Waals surface area contributed by atoms with Crippen molar-refractivity contribution < 1.29 is 4.79 Å². The maximum atomic E-state index is 12.2. The van der Waals surface area contributed by atoms with Crippen molar-refractivity contribution >= 4 is 22.8 Å². The molecule has 3 aromatic heterocycles. The zero-order valence-corrected chi connectivity index (χ0v) is 13.1. The van der Waals surface area contributed by atoms with E-state index in [-0.39, 0.29) is 11.9 Å². The van der Waals surface area contributed by atoms with E-state index in [0.717, 1.165) is 42.8 Å². The summed E-state index contributed by atoms with van der Waals surface area (Å²) in [5, 5.41) is 4.11. The SMILES string of the molecule is O=C(NC1CCN(c2ncnc3[nH]ccc23)CC1)c1ccccn1. The monoisotopic (exact) mass is 322 g/mol. The van der Waals surface area contributed by atoms with Gasteiger partial charge in [-0.25, -0.2) is 9.97 Å². The normalized spacial score (nSPS) is 15.6. The Labute approximate surface area is 139 Å². The molecule has 3 aromatic rings. The Morgan fingerprint density at radius 3 is 2.83 bits per heavy atom. The van der Waals surface area contributed by atoms with Crippen LogP contribution in [0.1, 0.15) is 23.3 Å². The Bertz CT molecular complexity index is 838. The highest BCUT2D eigenvalue weighted by Crippen LogP contribution is 2.25. The first-order valence-electron chi connectivity index (χ1n) is 8.06. The van der Waals surface area contributed by atoms with Crippen LogP contribution < -0.4 is 10.2 Å². The van der Waals surface area contributed by atoms with E-state index in [4.69, 9.17) is 0 Å². The molecule has 0 aromatic carbocycles. The molecule has 7 nitrogen and oxygen atoms in total. The molecular formula is C17H18N6O. The van der Waals surface area contributed by atoms with E-state index in [2.05, 4.69) is 30.2 Å². The lowest BCUT2D eigenvalue weighted by Crippen LogP contribution is -2.45. The van der Waals surface area contributed by atoms with Crippen molar-refractivity contribution in [3.05, 3.63) is 48.7 Å². The minimum absolute atomic E-state index is 0.107. The smallest absolute Gasteiger partial charge is 0.270 e. The van der Waals surface area contributed by atoms with Gasteiger partial charge in [-0.15, -0.1) is 0 Å². The number of carbonyl (C=O) groups excluding carboxylic acids is 1. The molecule has 122 valence electrons. The summed E-state index contributed by atoms with van der Waals surface area (Å²) < 4.78 is 0. The molecule has 1 aliphatic heterocycles. The number of anilines is 1. The summed E-state index contributed by atoms with van der Waals surface area (Å²) >= 11 is 0. The van der Waals surface area contributed by atoms with Crippen molar-refractivity contribution in [3.8, 4) is 0 Å². The summed E-state index contributed by atoms with van der Waals surface area (Å²) in [4.78, 5) is 30.3. The summed E-state index contributed by atoms with van der Waals surface area (Å²) in [5.41, 5.74) is 1.32. The molecule has 0 saturated carbocycles. The molecular weight excluding hydrogens is 304 g/mol. The lowest BCUT2D eigenvalue weighted by molar-refractivity contribution is 0.0926. The summed E-state index contributed by atoms with van der Waals surface area (Å²) in [6, 6.07) is 7.52. The molecule has 0 aliphatic carbocycles. The van der Waals surface area contributed by atoms with Crippen LogP contribution in [0.5, 0.6) is 0 Å². The Morgan fingerprint density at radius 2 is 2.04 bits per heavy atom. The van der Waals surface area contributed by atoms with Crippen LogP contribution in [0.25, 0.3) is 11.0 Å². The fraction of sp³-hybridized carbons (Fsp3) is 0.294. The minimum Gasteiger partial charge on any atom is -0.356 e. The molecule has 0 atom stereocenters. The number of piperidine rings is 1. The van der Waals surface area contributed by atoms with Crippen LogP contribution >= 0.6 is 0 Å². The van der Waals surface area contributed by atoms with E-state index in [1.807, 2.05) is 18.3 Å². The molecule has 0 bridgehead atoms. The van der Waals surface area contributed by atoms with E-state index in [9.17, 15) is 4.79 Å². The van der Waals surface area contributed by atoms with Gasteiger partial charge in [-0.05, 0) is 31.0 Å². The van der Waals surface area contributed by atoms with Crippen molar-refractivity contribution in [1.82, 2.24) is 25.3 Å². The average molecular weight is 322 g/mol. The van der Waals surface area contributed by atoms with Crippen molar-refractivity contribution in [3.63, 3.8) is 0 Å². The summed E-state index contributed by atoms with van der Waals surface area (Å²) in [5.74, 6) is 0.847. The Hall–Kier alpha value is -2.96. The lowest BCUT2D eigenvalue weighted by atomic mass is 10.0. The van der Waals surface area contributed by atoms with Crippen LogP contribution in [0.15, 0.2) is 43.0 Å². The van der Waals surface area contributed by atoms with E-state index >= 15 is 0 Å². The molecule has 24 heavy (non-hydrogen) atoms. The van der Waals surface area contributed by atoms with Gasteiger partial charge in [0.1, 0.15) is 23.5 Å². The predicted octanol–water partition coefficient (Wildman–Crippen LogP) is 1.75. The van der Waals surface area contributed by atoms with Gasteiger partial charge in [0.25, 0.3) is 5.91 Å². The minimum atomic E-state index is -0.107. The number of fused-ring (bicyclic) bond motifs is 1. The van der Waals surface area contributed by atoms with Crippen molar-refractivity contribution in [1.29, 1.82) is 0 Å². The van der Waals surface area contributed by atoms with Crippen molar-refractivity contribution in [2.45, 2.75) is 18.9 Å². The van der Waals surface area contributed by atoms with E-state index in [1.165, 1.54) is 0 Å². The van der Waals surface area contributed by atoms with Gasteiger partial charge in [-0.3, -0.25) is 9.78 Å². The average Bonchev–Trinajstić information content (AvgIpc) is 3.12.